The number of hydrogen-bond acceptors (Lipinski definition) is 3. The summed E-state index contributed by atoms with van der Waals surface area (Å²) >= 11 is 0. The summed E-state index contributed by atoms with van der Waals surface area (Å²) in [6.45, 7) is 5.77. The van der Waals surface area contributed by atoms with Crippen molar-refractivity contribution >= 4 is 40.0 Å². The number of rotatable bonds is 9. The van der Waals surface area contributed by atoms with E-state index in [0.717, 1.165) is 18.5 Å². The second-order valence-corrected chi connectivity index (χ2v) is 7.48. The van der Waals surface area contributed by atoms with Gasteiger partial charge in [-0.2, -0.15) is 0 Å². The molecule has 0 amide bonds. The van der Waals surface area contributed by atoms with E-state index in [2.05, 4.69) is 29.5 Å². The fourth-order valence-corrected chi connectivity index (χ4v) is 3.01. The van der Waals surface area contributed by atoms with Gasteiger partial charge in [-0.25, -0.2) is 13.6 Å². The molecule has 0 aliphatic heterocycles. The highest BCUT2D eigenvalue weighted by atomic mass is 127. The van der Waals surface area contributed by atoms with Gasteiger partial charge < -0.3 is 10.6 Å². The number of unbranched alkanes of at least 4 members (excludes halogenated alkanes) is 1. The maximum absolute atomic E-state index is 11.4. The van der Waals surface area contributed by atoms with Crippen LogP contribution in [0.25, 0.3) is 0 Å². The van der Waals surface area contributed by atoms with Crippen LogP contribution in [0.15, 0.2) is 34.2 Å². The van der Waals surface area contributed by atoms with E-state index in [9.17, 15) is 8.42 Å². The van der Waals surface area contributed by atoms with Crippen molar-refractivity contribution in [3.63, 3.8) is 0 Å². The predicted octanol–water partition coefficient (Wildman–Crippen LogP) is 2.83. The Balaban J connectivity index is 0.00000576. The lowest BCUT2D eigenvalue weighted by molar-refractivity contribution is 0.443. The van der Waals surface area contributed by atoms with Crippen LogP contribution in [0.5, 0.6) is 0 Å². The van der Waals surface area contributed by atoms with Crippen molar-refractivity contribution in [2.45, 2.75) is 51.0 Å². The molecule has 0 aliphatic carbocycles. The maximum atomic E-state index is 11.4. The Kier molecular flexibility index (Phi) is 12.0. The molecular weight excluding hydrogens is 451 g/mol. The number of sulfonamides is 1. The van der Waals surface area contributed by atoms with Crippen LogP contribution in [0.3, 0.4) is 0 Å². The molecule has 0 fully saturated rings. The van der Waals surface area contributed by atoms with Gasteiger partial charge in [-0.1, -0.05) is 45.2 Å². The lowest BCUT2D eigenvalue weighted by Gasteiger charge is -2.18. The topological polar surface area (TPSA) is 96.6 Å². The van der Waals surface area contributed by atoms with E-state index in [1.807, 2.05) is 6.07 Å². The highest BCUT2D eigenvalue weighted by Crippen LogP contribution is 2.11. The van der Waals surface area contributed by atoms with Gasteiger partial charge >= 0.3 is 0 Å². The summed E-state index contributed by atoms with van der Waals surface area (Å²) < 4.78 is 22.8. The summed E-state index contributed by atoms with van der Waals surface area (Å²) in [4.78, 5) is 4.33. The molecule has 0 radical (unpaired) electrons. The Morgan fingerprint density at radius 2 is 2.00 bits per heavy atom. The van der Waals surface area contributed by atoms with Crippen LogP contribution in [-0.4, -0.2) is 28.0 Å². The molecule has 1 aromatic carbocycles. The van der Waals surface area contributed by atoms with Crippen LogP contribution < -0.4 is 15.8 Å². The average molecular weight is 482 g/mol. The quantitative estimate of drug-likeness (QED) is 0.287. The number of benzene rings is 1. The third kappa shape index (κ3) is 9.41. The molecule has 4 N–H and O–H groups in total. The summed E-state index contributed by atoms with van der Waals surface area (Å²) in [6, 6.07) is 6.60. The first-order valence-corrected chi connectivity index (χ1v) is 10.0. The molecule has 0 heterocycles. The van der Waals surface area contributed by atoms with Crippen molar-refractivity contribution in [2.75, 3.05) is 13.6 Å². The molecule has 0 saturated carbocycles. The third-order valence-electron chi connectivity index (χ3n) is 4.01. The van der Waals surface area contributed by atoms with Gasteiger partial charge in [-0.3, -0.25) is 4.99 Å². The van der Waals surface area contributed by atoms with Crippen LogP contribution in [-0.2, 0) is 16.6 Å². The normalized spacial score (nSPS) is 13.0. The predicted molar refractivity (Wildman–Crippen MR) is 115 cm³/mol. The third-order valence-corrected chi connectivity index (χ3v) is 4.92. The minimum Gasteiger partial charge on any atom is -0.356 e. The second-order valence-electron chi connectivity index (χ2n) is 5.92. The molecule has 0 aliphatic rings. The van der Waals surface area contributed by atoms with Crippen LogP contribution >= 0.6 is 24.0 Å². The van der Waals surface area contributed by atoms with Crippen LogP contribution in [0.1, 0.15) is 45.1 Å². The first-order valence-electron chi connectivity index (χ1n) is 8.46. The molecule has 0 saturated heterocycles. The standard InChI is InChI=1S/C17H30N4O2S.HI/c1-4-6-8-14(5-2)12-20-17(19-3)21-13-15-9-7-10-16(11-15)24(18,22)23;/h7,9-11,14H,4-6,8,12-13H2,1-3H3,(H2,18,22,23)(H2,19,20,21);1H. The summed E-state index contributed by atoms with van der Waals surface area (Å²) in [5.41, 5.74) is 0.836. The van der Waals surface area contributed by atoms with Crippen molar-refractivity contribution in [1.82, 2.24) is 10.6 Å². The highest BCUT2D eigenvalue weighted by Gasteiger charge is 2.09. The zero-order valence-electron chi connectivity index (χ0n) is 15.3. The summed E-state index contributed by atoms with van der Waals surface area (Å²) in [5, 5.41) is 11.7. The Labute approximate surface area is 169 Å². The highest BCUT2D eigenvalue weighted by molar-refractivity contribution is 14.0. The fourth-order valence-electron chi connectivity index (χ4n) is 2.42. The van der Waals surface area contributed by atoms with Crippen molar-refractivity contribution in [3.8, 4) is 0 Å². The van der Waals surface area contributed by atoms with Crippen molar-refractivity contribution in [2.24, 2.45) is 16.0 Å². The van der Waals surface area contributed by atoms with E-state index in [-0.39, 0.29) is 28.9 Å². The van der Waals surface area contributed by atoms with Crippen LogP contribution in [0.4, 0.5) is 0 Å². The smallest absolute Gasteiger partial charge is 0.238 e. The number of nitrogens with two attached hydrogens (primary N) is 1. The summed E-state index contributed by atoms with van der Waals surface area (Å²) in [5.74, 6) is 1.35. The molecule has 1 atom stereocenters. The van der Waals surface area contributed by atoms with Gasteiger partial charge in [0.15, 0.2) is 5.96 Å². The van der Waals surface area contributed by atoms with Gasteiger partial charge in [-0.05, 0) is 30.0 Å². The van der Waals surface area contributed by atoms with E-state index >= 15 is 0 Å². The van der Waals surface area contributed by atoms with Crippen LogP contribution in [0, 0.1) is 5.92 Å². The molecule has 6 nitrogen and oxygen atoms in total. The Morgan fingerprint density at radius 3 is 2.56 bits per heavy atom. The zero-order chi connectivity index (χ0) is 18.0. The van der Waals surface area contributed by atoms with E-state index < -0.39 is 10.0 Å². The number of nitrogens with one attached hydrogen (secondary N) is 2. The van der Waals surface area contributed by atoms with Gasteiger partial charge in [0, 0.05) is 20.1 Å². The molecule has 0 spiro atoms. The van der Waals surface area contributed by atoms with Gasteiger partial charge in [0.05, 0.1) is 4.90 Å². The number of hydrogen-bond donors (Lipinski definition) is 3. The molecule has 1 aromatic rings. The lowest BCUT2D eigenvalue weighted by Crippen LogP contribution is -2.39. The molecule has 0 aromatic heterocycles. The number of aliphatic imine (C=N–C) groups is 1. The maximum Gasteiger partial charge on any atom is 0.238 e. The van der Waals surface area contributed by atoms with Crippen molar-refractivity contribution in [1.29, 1.82) is 0 Å². The molecular formula is C17H31IN4O2S. The Morgan fingerprint density at radius 1 is 1.28 bits per heavy atom. The number of halogens is 1. The number of guanidine groups is 1. The van der Waals surface area contributed by atoms with Gasteiger partial charge in [0.2, 0.25) is 10.0 Å². The molecule has 144 valence electrons. The fraction of sp³-hybridized carbons (Fsp3) is 0.588. The first-order chi connectivity index (χ1) is 11.4. The van der Waals surface area contributed by atoms with E-state index in [1.165, 1.54) is 25.3 Å². The number of nitrogens with zero attached hydrogens (tertiary/aromatic N) is 1. The molecule has 1 rings (SSSR count). The molecule has 8 heteroatoms. The first kappa shape index (κ1) is 24.1. The Hall–Kier alpha value is -0.870. The van der Waals surface area contributed by atoms with Gasteiger partial charge in [-0.15, -0.1) is 24.0 Å². The Bertz CT molecular complexity index is 635. The van der Waals surface area contributed by atoms with Gasteiger partial charge in [0.25, 0.3) is 0 Å². The van der Waals surface area contributed by atoms with Crippen LogP contribution in [0.2, 0.25) is 0 Å². The number of primary sulfonamides is 1. The minimum atomic E-state index is -3.68. The largest absolute Gasteiger partial charge is 0.356 e. The summed E-state index contributed by atoms with van der Waals surface area (Å²) in [6.07, 6.45) is 4.81. The van der Waals surface area contributed by atoms with E-state index in [0.29, 0.717) is 18.4 Å². The SMILES string of the molecule is CCCCC(CC)CNC(=NC)NCc1cccc(S(N)(=O)=O)c1.I. The lowest BCUT2D eigenvalue weighted by atomic mass is 9.99. The van der Waals surface area contributed by atoms with E-state index in [4.69, 9.17) is 5.14 Å². The molecule has 0 bridgehead atoms. The van der Waals surface area contributed by atoms with Crippen molar-refractivity contribution < 1.29 is 8.42 Å². The second kappa shape index (κ2) is 12.5. The average Bonchev–Trinajstić information content (AvgIpc) is 2.57. The van der Waals surface area contributed by atoms with Gasteiger partial charge in [0.1, 0.15) is 0 Å². The van der Waals surface area contributed by atoms with E-state index in [1.54, 1.807) is 19.2 Å². The monoisotopic (exact) mass is 482 g/mol. The molecule has 25 heavy (non-hydrogen) atoms. The minimum absolute atomic E-state index is 0. The zero-order valence-corrected chi connectivity index (χ0v) is 18.4. The van der Waals surface area contributed by atoms with Crippen molar-refractivity contribution in [3.05, 3.63) is 29.8 Å². The molecule has 1 unspecified atom stereocenters. The summed E-state index contributed by atoms with van der Waals surface area (Å²) in [7, 11) is -1.95.